The number of piperidine rings is 1. The van der Waals surface area contributed by atoms with Crippen LogP contribution in [0.4, 0.5) is 5.69 Å². The summed E-state index contributed by atoms with van der Waals surface area (Å²) in [5.41, 5.74) is 3.01. The van der Waals surface area contributed by atoms with Crippen LogP contribution in [0.25, 0.3) is 0 Å². The van der Waals surface area contributed by atoms with Crippen LogP contribution in [-0.4, -0.2) is 64.3 Å². The Morgan fingerprint density at radius 2 is 1.70 bits per heavy atom. The third kappa shape index (κ3) is 3.11. The van der Waals surface area contributed by atoms with E-state index in [0.717, 1.165) is 24.3 Å². The van der Waals surface area contributed by atoms with Crippen molar-refractivity contribution in [1.29, 1.82) is 0 Å². The molecule has 4 heterocycles. The van der Waals surface area contributed by atoms with E-state index in [-0.39, 0.29) is 29.7 Å². The van der Waals surface area contributed by atoms with Gasteiger partial charge in [0.25, 0.3) is 5.91 Å². The van der Waals surface area contributed by atoms with Crippen molar-refractivity contribution in [2.24, 2.45) is 0 Å². The van der Waals surface area contributed by atoms with Gasteiger partial charge in [-0.2, -0.15) is 0 Å². The second-order valence-electron chi connectivity index (χ2n) is 10.1. The number of piperazine rings is 1. The molecular formula is C23H30N4O3. The number of carbonyl (C=O) groups is 3. The van der Waals surface area contributed by atoms with Crippen LogP contribution in [0.15, 0.2) is 18.2 Å². The van der Waals surface area contributed by atoms with Crippen LogP contribution in [0, 0.1) is 0 Å². The van der Waals surface area contributed by atoms with Gasteiger partial charge in [-0.05, 0) is 63.8 Å². The van der Waals surface area contributed by atoms with Crippen molar-refractivity contribution >= 4 is 23.4 Å². The fourth-order valence-corrected chi connectivity index (χ4v) is 5.97. The number of hydrogen-bond acceptors (Lipinski definition) is 5. The maximum absolute atomic E-state index is 12.9. The minimum absolute atomic E-state index is 0.108. The first-order valence-corrected chi connectivity index (χ1v) is 11.0. The summed E-state index contributed by atoms with van der Waals surface area (Å²) in [6.07, 6.45) is 3.16. The fraction of sp³-hybridized carbons (Fsp3) is 0.609. The van der Waals surface area contributed by atoms with E-state index >= 15 is 0 Å². The lowest BCUT2D eigenvalue weighted by molar-refractivity contribution is -0.136. The molecule has 0 spiro atoms. The zero-order valence-corrected chi connectivity index (χ0v) is 18.0. The summed E-state index contributed by atoms with van der Waals surface area (Å²) in [5, 5.41) is 2.36. The summed E-state index contributed by atoms with van der Waals surface area (Å²) in [5.74, 6) is -0.724. The van der Waals surface area contributed by atoms with Gasteiger partial charge in [0.05, 0.1) is 0 Å². The highest BCUT2D eigenvalue weighted by Crippen LogP contribution is 2.38. The molecule has 7 nitrogen and oxygen atoms in total. The number of amides is 3. The van der Waals surface area contributed by atoms with Gasteiger partial charge in [-0.15, -0.1) is 0 Å². The Bertz CT molecular complexity index is 908. The van der Waals surface area contributed by atoms with Gasteiger partial charge in [0, 0.05) is 54.9 Å². The normalized spacial score (nSPS) is 29.4. The number of carbonyl (C=O) groups excluding carboxylic acids is 3. The van der Waals surface area contributed by atoms with E-state index in [4.69, 9.17) is 0 Å². The van der Waals surface area contributed by atoms with Crippen LogP contribution in [-0.2, 0) is 16.1 Å². The Kier molecular flexibility index (Phi) is 4.43. The average molecular weight is 411 g/mol. The lowest BCUT2D eigenvalue weighted by atomic mass is 9.99. The Hall–Kier alpha value is -2.41. The summed E-state index contributed by atoms with van der Waals surface area (Å²) in [7, 11) is 0. The van der Waals surface area contributed by atoms with Gasteiger partial charge in [-0.1, -0.05) is 0 Å². The lowest BCUT2D eigenvalue weighted by Gasteiger charge is -2.48. The predicted octanol–water partition coefficient (Wildman–Crippen LogP) is 1.90. The third-order valence-corrected chi connectivity index (χ3v) is 7.13. The summed E-state index contributed by atoms with van der Waals surface area (Å²) in [6.45, 7) is 9.37. The minimum atomic E-state index is -0.558. The largest absolute Gasteiger partial charge is 0.368 e. The number of fused-ring (bicyclic) bond motifs is 3. The van der Waals surface area contributed by atoms with Crippen molar-refractivity contribution in [3.63, 3.8) is 0 Å². The molecule has 7 heteroatoms. The first-order chi connectivity index (χ1) is 14.2. The van der Waals surface area contributed by atoms with Crippen molar-refractivity contribution < 1.29 is 14.4 Å². The molecule has 0 aliphatic carbocycles. The topological polar surface area (TPSA) is 73.0 Å². The molecule has 0 aromatic heterocycles. The summed E-state index contributed by atoms with van der Waals surface area (Å²) in [4.78, 5) is 43.4. The first-order valence-electron chi connectivity index (χ1n) is 11.0. The molecule has 4 aliphatic heterocycles. The van der Waals surface area contributed by atoms with Crippen molar-refractivity contribution in [2.45, 2.75) is 76.7 Å². The van der Waals surface area contributed by atoms with E-state index < -0.39 is 6.04 Å². The van der Waals surface area contributed by atoms with Gasteiger partial charge in [0.1, 0.15) is 6.04 Å². The van der Waals surface area contributed by atoms with Crippen LogP contribution in [0.3, 0.4) is 0 Å². The number of rotatable bonds is 2. The molecule has 3 fully saturated rings. The van der Waals surface area contributed by atoms with Crippen molar-refractivity contribution in [2.75, 3.05) is 18.0 Å². The smallest absolute Gasteiger partial charge is 0.255 e. The van der Waals surface area contributed by atoms with Crippen LogP contribution < -0.4 is 10.2 Å². The van der Waals surface area contributed by atoms with Gasteiger partial charge < -0.3 is 9.80 Å². The maximum Gasteiger partial charge on any atom is 0.255 e. The van der Waals surface area contributed by atoms with E-state index in [1.165, 1.54) is 12.8 Å². The van der Waals surface area contributed by atoms with E-state index in [9.17, 15) is 14.4 Å². The van der Waals surface area contributed by atoms with Crippen molar-refractivity contribution in [3.8, 4) is 0 Å². The molecule has 30 heavy (non-hydrogen) atoms. The Morgan fingerprint density at radius 1 is 1.00 bits per heavy atom. The Labute approximate surface area is 177 Å². The third-order valence-electron chi connectivity index (χ3n) is 7.13. The number of imide groups is 1. The summed E-state index contributed by atoms with van der Waals surface area (Å²) in [6, 6.07) is 6.67. The standard InChI is InChI=1S/C23H30N4O3/c1-23(2,3)27-16-4-5-17(27)13-25(12-16)15-6-7-18-14(10-15)11-26(22(18)30)19-8-9-20(28)24-21(19)29/h6-7,10,16-17,19H,4-5,8-9,11-13H2,1-3H3,(H,24,28,29). The molecule has 4 aliphatic rings. The van der Waals surface area contributed by atoms with Crippen LogP contribution in [0.1, 0.15) is 62.4 Å². The molecule has 3 amide bonds. The molecule has 2 bridgehead atoms. The van der Waals surface area contributed by atoms with Gasteiger partial charge >= 0.3 is 0 Å². The molecular weight excluding hydrogens is 380 g/mol. The monoisotopic (exact) mass is 410 g/mol. The quantitative estimate of drug-likeness (QED) is 0.754. The van der Waals surface area contributed by atoms with Crippen LogP contribution in [0.2, 0.25) is 0 Å². The van der Waals surface area contributed by atoms with Crippen LogP contribution in [0.5, 0.6) is 0 Å². The molecule has 5 rings (SSSR count). The number of benzene rings is 1. The number of anilines is 1. The second-order valence-corrected chi connectivity index (χ2v) is 10.1. The summed E-state index contributed by atoms with van der Waals surface area (Å²) >= 11 is 0. The highest BCUT2D eigenvalue weighted by molar-refractivity contribution is 6.05. The molecule has 3 atom stereocenters. The van der Waals surface area contributed by atoms with E-state index in [0.29, 0.717) is 30.6 Å². The van der Waals surface area contributed by atoms with E-state index in [1.807, 2.05) is 6.07 Å². The Morgan fingerprint density at radius 3 is 2.33 bits per heavy atom. The zero-order valence-electron chi connectivity index (χ0n) is 18.0. The van der Waals surface area contributed by atoms with E-state index in [1.54, 1.807) is 4.90 Å². The summed E-state index contributed by atoms with van der Waals surface area (Å²) < 4.78 is 0. The number of nitrogens with one attached hydrogen (secondary N) is 1. The van der Waals surface area contributed by atoms with Gasteiger partial charge in [0.2, 0.25) is 11.8 Å². The SMILES string of the molecule is CC(C)(C)N1C2CCC1CN(c1ccc3c(c1)CN(C1CCC(=O)NC1=O)C3=O)C2. The lowest BCUT2D eigenvalue weighted by Crippen LogP contribution is -2.60. The fourth-order valence-electron chi connectivity index (χ4n) is 5.97. The second kappa shape index (κ2) is 6.80. The predicted molar refractivity (Wildman–Crippen MR) is 113 cm³/mol. The highest BCUT2D eigenvalue weighted by atomic mass is 16.2. The van der Waals surface area contributed by atoms with Gasteiger partial charge in [-0.25, -0.2) is 0 Å². The van der Waals surface area contributed by atoms with Crippen molar-refractivity contribution in [1.82, 2.24) is 15.1 Å². The molecule has 1 N–H and O–H groups in total. The minimum Gasteiger partial charge on any atom is -0.368 e. The van der Waals surface area contributed by atoms with E-state index in [2.05, 4.69) is 48.0 Å². The average Bonchev–Trinajstić information content (AvgIpc) is 3.15. The molecule has 3 saturated heterocycles. The Balaban J connectivity index is 1.34. The molecule has 1 aromatic rings. The number of hydrogen-bond donors (Lipinski definition) is 1. The molecule has 0 saturated carbocycles. The zero-order chi connectivity index (χ0) is 21.2. The molecule has 3 unspecified atom stereocenters. The molecule has 1 aromatic carbocycles. The van der Waals surface area contributed by atoms with Crippen molar-refractivity contribution in [3.05, 3.63) is 29.3 Å². The van der Waals surface area contributed by atoms with Gasteiger partial charge in [0.15, 0.2) is 0 Å². The first kappa shape index (κ1) is 19.5. The van der Waals surface area contributed by atoms with Crippen LogP contribution >= 0.6 is 0 Å². The van der Waals surface area contributed by atoms with Gasteiger partial charge in [-0.3, -0.25) is 24.6 Å². The molecule has 160 valence electrons. The number of nitrogens with zero attached hydrogens (tertiary/aromatic N) is 3. The molecule has 0 radical (unpaired) electrons. The highest BCUT2D eigenvalue weighted by Gasteiger charge is 2.45. The maximum atomic E-state index is 12.9.